The first-order valence-corrected chi connectivity index (χ1v) is 6.25. The number of hydrogen-bond donors (Lipinski definition) is 1. The SMILES string of the molecule is CCOC(=O)c1ccc(-c2ccc(Cl)cc2)c(O)c1. The van der Waals surface area contributed by atoms with Crippen molar-refractivity contribution in [3.8, 4) is 16.9 Å². The Bertz CT molecular complexity index is 591. The van der Waals surface area contributed by atoms with Crippen LogP contribution in [0.1, 0.15) is 17.3 Å². The van der Waals surface area contributed by atoms with Gasteiger partial charge in [-0.25, -0.2) is 4.79 Å². The number of esters is 1. The van der Waals surface area contributed by atoms with E-state index in [0.29, 0.717) is 22.8 Å². The van der Waals surface area contributed by atoms with Gasteiger partial charge in [0, 0.05) is 10.6 Å². The maximum Gasteiger partial charge on any atom is 0.338 e. The summed E-state index contributed by atoms with van der Waals surface area (Å²) in [5, 5.41) is 10.6. The van der Waals surface area contributed by atoms with Crippen LogP contribution >= 0.6 is 11.6 Å². The molecule has 0 heterocycles. The Morgan fingerprint density at radius 3 is 2.47 bits per heavy atom. The van der Waals surface area contributed by atoms with E-state index >= 15 is 0 Å². The summed E-state index contributed by atoms with van der Waals surface area (Å²) < 4.78 is 4.88. The van der Waals surface area contributed by atoms with Crippen LogP contribution in [0.25, 0.3) is 11.1 Å². The first-order valence-electron chi connectivity index (χ1n) is 5.88. The molecule has 2 rings (SSSR count). The monoisotopic (exact) mass is 276 g/mol. The third-order valence-electron chi connectivity index (χ3n) is 2.66. The Balaban J connectivity index is 2.34. The summed E-state index contributed by atoms with van der Waals surface area (Å²) in [6.45, 7) is 2.04. The van der Waals surface area contributed by atoms with Crippen molar-refractivity contribution in [2.45, 2.75) is 6.92 Å². The van der Waals surface area contributed by atoms with E-state index in [0.717, 1.165) is 5.56 Å². The largest absolute Gasteiger partial charge is 0.507 e. The average molecular weight is 277 g/mol. The Labute approximate surface area is 116 Å². The summed E-state index contributed by atoms with van der Waals surface area (Å²) in [7, 11) is 0. The maximum absolute atomic E-state index is 11.5. The second-order valence-corrected chi connectivity index (χ2v) is 4.40. The van der Waals surface area contributed by atoms with Crippen LogP contribution in [-0.2, 0) is 4.74 Å². The lowest BCUT2D eigenvalue weighted by Gasteiger charge is -2.07. The Kier molecular flexibility index (Phi) is 4.07. The summed E-state index contributed by atoms with van der Waals surface area (Å²) in [4.78, 5) is 11.5. The lowest BCUT2D eigenvalue weighted by Crippen LogP contribution is -2.04. The molecule has 4 heteroatoms. The Hall–Kier alpha value is -2.00. The fourth-order valence-electron chi connectivity index (χ4n) is 1.75. The van der Waals surface area contributed by atoms with Gasteiger partial charge in [-0.3, -0.25) is 0 Å². The fraction of sp³-hybridized carbons (Fsp3) is 0.133. The number of rotatable bonds is 3. The highest BCUT2D eigenvalue weighted by Crippen LogP contribution is 2.30. The van der Waals surface area contributed by atoms with Gasteiger partial charge in [-0.1, -0.05) is 23.7 Å². The summed E-state index contributed by atoms with van der Waals surface area (Å²) in [6, 6.07) is 11.8. The summed E-state index contributed by atoms with van der Waals surface area (Å²) >= 11 is 5.82. The number of halogens is 1. The predicted octanol–water partition coefficient (Wildman–Crippen LogP) is 3.89. The molecule has 0 bridgehead atoms. The number of carbonyl (C=O) groups excluding carboxylic acids is 1. The van der Waals surface area contributed by atoms with Crippen LogP contribution in [0.4, 0.5) is 0 Å². The maximum atomic E-state index is 11.5. The van der Waals surface area contributed by atoms with Crippen molar-refractivity contribution < 1.29 is 14.6 Å². The third kappa shape index (κ3) is 3.06. The molecule has 0 spiro atoms. The standard InChI is InChI=1S/C15H13ClO3/c1-2-19-15(18)11-5-8-13(14(17)9-11)10-3-6-12(16)7-4-10/h3-9,17H,2H2,1H3. The highest BCUT2D eigenvalue weighted by molar-refractivity contribution is 6.30. The lowest BCUT2D eigenvalue weighted by atomic mass is 10.0. The van der Waals surface area contributed by atoms with Crippen LogP contribution in [0, 0.1) is 0 Å². The number of benzene rings is 2. The number of aromatic hydroxyl groups is 1. The molecule has 0 amide bonds. The highest BCUT2D eigenvalue weighted by Gasteiger charge is 2.11. The van der Waals surface area contributed by atoms with Crippen molar-refractivity contribution >= 4 is 17.6 Å². The molecule has 0 aliphatic heterocycles. The normalized spacial score (nSPS) is 10.2. The van der Waals surface area contributed by atoms with Gasteiger partial charge in [0.25, 0.3) is 0 Å². The number of phenols is 1. The number of hydrogen-bond acceptors (Lipinski definition) is 3. The molecule has 1 N–H and O–H groups in total. The van der Waals surface area contributed by atoms with E-state index in [-0.39, 0.29) is 5.75 Å². The van der Waals surface area contributed by atoms with Gasteiger partial charge in [-0.15, -0.1) is 0 Å². The molecule has 0 saturated carbocycles. The van der Waals surface area contributed by atoms with Crippen molar-refractivity contribution in [3.63, 3.8) is 0 Å². The molecule has 0 fully saturated rings. The van der Waals surface area contributed by atoms with Gasteiger partial charge in [-0.2, -0.15) is 0 Å². The van der Waals surface area contributed by atoms with Crippen LogP contribution in [0.2, 0.25) is 5.02 Å². The first-order chi connectivity index (χ1) is 9.11. The average Bonchev–Trinajstić information content (AvgIpc) is 2.40. The van der Waals surface area contributed by atoms with E-state index in [2.05, 4.69) is 0 Å². The van der Waals surface area contributed by atoms with Crippen molar-refractivity contribution in [1.29, 1.82) is 0 Å². The highest BCUT2D eigenvalue weighted by atomic mass is 35.5. The van der Waals surface area contributed by atoms with Crippen molar-refractivity contribution in [1.82, 2.24) is 0 Å². The van der Waals surface area contributed by atoms with Crippen LogP contribution in [0.15, 0.2) is 42.5 Å². The van der Waals surface area contributed by atoms with Crippen molar-refractivity contribution in [2.75, 3.05) is 6.61 Å². The minimum Gasteiger partial charge on any atom is -0.507 e. The molecule has 98 valence electrons. The number of carbonyl (C=O) groups is 1. The quantitative estimate of drug-likeness (QED) is 0.865. The molecule has 0 atom stereocenters. The predicted molar refractivity (Wildman–Crippen MR) is 74.5 cm³/mol. The summed E-state index contributed by atoms with van der Waals surface area (Å²) in [6.07, 6.45) is 0. The zero-order valence-electron chi connectivity index (χ0n) is 10.4. The van der Waals surface area contributed by atoms with Gasteiger partial charge in [0.1, 0.15) is 5.75 Å². The van der Waals surface area contributed by atoms with E-state index in [1.54, 1.807) is 43.3 Å². The van der Waals surface area contributed by atoms with E-state index in [9.17, 15) is 9.90 Å². The lowest BCUT2D eigenvalue weighted by molar-refractivity contribution is 0.0526. The molecule has 3 nitrogen and oxygen atoms in total. The third-order valence-corrected chi connectivity index (χ3v) is 2.92. The van der Waals surface area contributed by atoms with Gasteiger partial charge in [-0.05, 0) is 42.8 Å². The second kappa shape index (κ2) is 5.76. The number of phenolic OH excluding ortho intramolecular Hbond substituents is 1. The number of ether oxygens (including phenoxy) is 1. The Morgan fingerprint density at radius 2 is 1.89 bits per heavy atom. The van der Waals surface area contributed by atoms with Gasteiger partial charge >= 0.3 is 5.97 Å². The summed E-state index contributed by atoms with van der Waals surface area (Å²) in [5.74, 6) is -0.409. The zero-order chi connectivity index (χ0) is 13.8. The van der Waals surface area contributed by atoms with Crippen molar-refractivity contribution in [2.24, 2.45) is 0 Å². The fourth-order valence-corrected chi connectivity index (χ4v) is 1.87. The molecule has 0 saturated heterocycles. The van der Waals surface area contributed by atoms with Gasteiger partial charge in [0.2, 0.25) is 0 Å². The van der Waals surface area contributed by atoms with E-state index in [1.165, 1.54) is 6.07 Å². The Morgan fingerprint density at radius 1 is 1.21 bits per heavy atom. The molecular formula is C15H13ClO3. The van der Waals surface area contributed by atoms with E-state index in [4.69, 9.17) is 16.3 Å². The molecule has 2 aromatic carbocycles. The molecule has 19 heavy (non-hydrogen) atoms. The topological polar surface area (TPSA) is 46.5 Å². The minimum atomic E-state index is -0.444. The van der Waals surface area contributed by atoms with Crippen LogP contribution in [0.3, 0.4) is 0 Å². The van der Waals surface area contributed by atoms with Gasteiger partial charge in [0.15, 0.2) is 0 Å². The van der Waals surface area contributed by atoms with E-state index in [1.807, 2.05) is 0 Å². The molecule has 0 aliphatic rings. The minimum absolute atomic E-state index is 0.0351. The molecule has 0 aliphatic carbocycles. The van der Waals surface area contributed by atoms with Crippen LogP contribution in [-0.4, -0.2) is 17.7 Å². The molecular weight excluding hydrogens is 264 g/mol. The van der Waals surface area contributed by atoms with Gasteiger partial charge in [0.05, 0.1) is 12.2 Å². The molecule has 0 aromatic heterocycles. The smallest absolute Gasteiger partial charge is 0.338 e. The second-order valence-electron chi connectivity index (χ2n) is 3.96. The first kappa shape index (κ1) is 13.4. The summed E-state index contributed by atoms with van der Waals surface area (Å²) in [5.41, 5.74) is 1.80. The zero-order valence-corrected chi connectivity index (χ0v) is 11.1. The van der Waals surface area contributed by atoms with Gasteiger partial charge < -0.3 is 9.84 Å². The van der Waals surface area contributed by atoms with Crippen LogP contribution < -0.4 is 0 Å². The van der Waals surface area contributed by atoms with Crippen molar-refractivity contribution in [3.05, 3.63) is 53.1 Å². The molecule has 0 unspecified atom stereocenters. The van der Waals surface area contributed by atoms with E-state index < -0.39 is 5.97 Å². The molecule has 0 radical (unpaired) electrons. The van der Waals surface area contributed by atoms with Crippen LogP contribution in [0.5, 0.6) is 5.75 Å². The molecule has 2 aromatic rings.